The third-order valence-electron chi connectivity index (χ3n) is 13.1. The van der Waals surface area contributed by atoms with Gasteiger partial charge in [-0.25, -0.2) is 4.79 Å². The number of carboxylic acid groups (broad SMARTS) is 1. The molecule has 0 spiro atoms. The molecule has 0 heterocycles. The molecule has 0 saturated carbocycles. The summed E-state index contributed by atoms with van der Waals surface area (Å²) in [5.41, 5.74) is 0. The van der Waals surface area contributed by atoms with Crippen LogP contribution in [0.3, 0.4) is 0 Å². The van der Waals surface area contributed by atoms with Crippen molar-refractivity contribution in [2.24, 2.45) is 0 Å². The van der Waals surface area contributed by atoms with Crippen LogP contribution in [0.25, 0.3) is 0 Å². The number of carboxylic acids is 1. The molecule has 0 aliphatic rings. The highest BCUT2D eigenvalue weighted by atomic mass is 16.7. The van der Waals surface area contributed by atoms with Crippen molar-refractivity contribution in [3.8, 4) is 0 Å². The Bertz CT molecular complexity index is 1240. The minimum atomic E-state index is -1.51. The van der Waals surface area contributed by atoms with Crippen molar-refractivity contribution in [3.05, 3.63) is 36.5 Å². The Morgan fingerprint density at radius 2 is 0.771 bits per heavy atom. The maximum atomic E-state index is 12.9. The molecule has 9 nitrogen and oxygen atoms in total. The van der Waals surface area contributed by atoms with Gasteiger partial charge in [-0.1, -0.05) is 249 Å². The summed E-state index contributed by atoms with van der Waals surface area (Å²) in [6.45, 7) is 4.90. The van der Waals surface area contributed by atoms with Gasteiger partial charge in [0.2, 0.25) is 0 Å². The fourth-order valence-corrected chi connectivity index (χ4v) is 8.55. The number of rotatable bonds is 55. The van der Waals surface area contributed by atoms with Gasteiger partial charge in [-0.15, -0.1) is 0 Å². The molecule has 0 saturated heterocycles. The predicted molar refractivity (Wildman–Crippen MR) is 295 cm³/mol. The van der Waals surface area contributed by atoms with Crippen molar-refractivity contribution in [1.29, 1.82) is 0 Å². The van der Waals surface area contributed by atoms with Gasteiger partial charge in [-0.3, -0.25) is 9.59 Å². The molecule has 2 unspecified atom stereocenters. The molecule has 1 N–H and O–H groups in total. The minimum Gasteiger partial charge on any atom is -0.477 e. The molecular weight excluding hydrogens is 875 g/mol. The predicted octanol–water partition coefficient (Wildman–Crippen LogP) is 17.3. The molecule has 0 aromatic rings. The van der Waals surface area contributed by atoms with Crippen LogP contribution in [0.1, 0.15) is 277 Å². The maximum Gasteiger partial charge on any atom is 0.361 e. The van der Waals surface area contributed by atoms with Gasteiger partial charge < -0.3 is 28.5 Å². The van der Waals surface area contributed by atoms with E-state index in [0.717, 1.165) is 57.8 Å². The van der Waals surface area contributed by atoms with E-state index in [-0.39, 0.29) is 32.2 Å². The van der Waals surface area contributed by atoms with E-state index >= 15 is 0 Å². The Labute approximate surface area is 432 Å². The van der Waals surface area contributed by atoms with Crippen LogP contribution in [0.15, 0.2) is 36.5 Å². The lowest BCUT2D eigenvalue weighted by atomic mass is 10.0. The number of aliphatic carboxylic acids is 1. The summed E-state index contributed by atoms with van der Waals surface area (Å²) in [6, 6.07) is 0. The molecule has 0 aromatic heterocycles. The highest BCUT2D eigenvalue weighted by molar-refractivity contribution is 5.71. The number of esters is 2. The second kappa shape index (κ2) is 52.8. The number of ether oxygens (including phenoxy) is 4. The zero-order valence-electron chi connectivity index (χ0n) is 46.7. The van der Waals surface area contributed by atoms with E-state index in [2.05, 4.69) is 50.3 Å². The maximum absolute atomic E-state index is 12.9. The molecule has 0 aromatic carbocycles. The van der Waals surface area contributed by atoms with Crippen LogP contribution in [-0.2, 0) is 33.3 Å². The first-order chi connectivity index (χ1) is 34.1. The number of likely N-dealkylation sites (N-methyl/N-ethyl adjacent to an activating group) is 1. The van der Waals surface area contributed by atoms with Crippen molar-refractivity contribution in [1.82, 2.24) is 0 Å². The van der Waals surface area contributed by atoms with Crippen LogP contribution in [0, 0.1) is 0 Å². The third kappa shape index (κ3) is 53.3. The molecule has 0 aliphatic heterocycles. The SMILES string of the molecule is CCCCCCC/C=C\C/C=C\C/C=C\CCCCCCCCCCC(=O)OC(COC(=O)CCCCCCCCCCCCCCCCCCCCCCCC)COC(OCC[N+](C)(C)C)C(=O)O. The van der Waals surface area contributed by atoms with E-state index in [0.29, 0.717) is 23.9 Å². The van der Waals surface area contributed by atoms with Gasteiger partial charge >= 0.3 is 17.9 Å². The van der Waals surface area contributed by atoms with Crippen LogP contribution < -0.4 is 0 Å². The number of unbranched alkanes of at least 4 members (excludes halogenated alkanes) is 34. The lowest BCUT2D eigenvalue weighted by Gasteiger charge is -2.25. The Kier molecular flexibility index (Phi) is 50.9. The second-order valence-corrected chi connectivity index (χ2v) is 21.3. The zero-order valence-corrected chi connectivity index (χ0v) is 46.7. The highest BCUT2D eigenvalue weighted by Gasteiger charge is 2.25. The zero-order chi connectivity index (χ0) is 51.3. The van der Waals surface area contributed by atoms with Crippen molar-refractivity contribution >= 4 is 17.9 Å². The number of hydrogen-bond donors (Lipinski definition) is 1. The van der Waals surface area contributed by atoms with Crippen LogP contribution in [0.2, 0.25) is 0 Å². The minimum absolute atomic E-state index is 0.181. The molecule has 2 atom stereocenters. The Morgan fingerprint density at radius 3 is 1.14 bits per heavy atom. The summed E-state index contributed by atoms with van der Waals surface area (Å²) >= 11 is 0. The van der Waals surface area contributed by atoms with Gasteiger partial charge in [0.1, 0.15) is 13.2 Å². The summed E-state index contributed by atoms with van der Waals surface area (Å²) in [4.78, 5) is 37.4. The van der Waals surface area contributed by atoms with Gasteiger partial charge in [0.05, 0.1) is 34.4 Å². The number of nitrogens with zero attached hydrogens (tertiary/aromatic N) is 1. The lowest BCUT2D eigenvalue weighted by Crippen LogP contribution is -2.40. The Morgan fingerprint density at radius 1 is 0.429 bits per heavy atom. The van der Waals surface area contributed by atoms with Gasteiger partial charge in [-0.2, -0.15) is 0 Å². The molecule has 0 aliphatic carbocycles. The quantitative estimate of drug-likeness (QED) is 0.0211. The van der Waals surface area contributed by atoms with Crippen LogP contribution >= 0.6 is 0 Å². The van der Waals surface area contributed by atoms with Crippen LogP contribution in [0.5, 0.6) is 0 Å². The fourth-order valence-electron chi connectivity index (χ4n) is 8.55. The van der Waals surface area contributed by atoms with Gasteiger partial charge in [-0.05, 0) is 51.4 Å². The fraction of sp³-hybridized carbons (Fsp3) is 0.852. The second-order valence-electron chi connectivity index (χ2n) is 21.3. The first kappa shape index (κ1) is 67.5. The number of carbonyl (C=O) groups is 3. The van der Waals surface area contributed by atoms with Crippen molar-refractivity contribution in [3.63, 3.8) is 0 Å². The van der Waals surface area contributed by atoms with Crippen LogP contribution in [0.4, 0.5) is 0 Å². The standard InChI is InChI=1S/C61H113NO8/c1-6-8-10-12-14-16-18-20-22-24-26-28-30-32-34-36-38-40-42-44-46-48-50-52-59(64)70-57(56-69-61(60(65)66)67-54-53-62(3,4)5)55-68-58(63)51-49-47-45-43-41-39-37-35-33-31-29-27-25-23-21-19-17-15-13-11-9-7-2/h18,20,24,26,30,32,57,61H,6-17,19,21-23,25,27-29,31,33-56H2,1-5H3/p+1/b20-18-,26-24-,32-30-. The molecule has 70 heavy (non-hydrogen) atoms. The summed E-state index contributed by atoms with van der Waals surface area (Å²) in [6.07, 6.45) is 60.7. The smallest absolute Gasteiger partial charge is 0.361 e. The third-order valence-corrected chi connectivity index (χ3v) is 13.1. The molecule has 9 heteroatoms. The Hall–Kier alpha value is -2.49. The van der Waals surface area contributed by atoms with Crippen molar-refractivity contribution in [2.75, 3.05) is 47.5 Å². The molecule has 0 radical (unpaired) electrons. The average Bonchev–Trinajstić information content (AvgIpc) is 3.33. The van der Waals surface area contributed by atoms with Crippen molar-refractivity contribution < 1.29 is 42.9 Å². The first-order valence-electron chi connectivity index (χ1n) is 29.7. The van der Waals surface area contributed by atoms with E-state index in [1.807, 2.05) is 21.1 Å². The molecule has 0 rings (SSSR count). The molecule has 410 valence electrons. The molecular formula is C61H114NO8+. The van der Waals surface area contributed by atoms with Crippen LogP contribution in [-0.4, -0.2) is 87.4 Å². The van der Waals surface area contributed by atoms with E-state index in [1.165, 1.54) is 186 Å². The normalized spacial score (nSPS) is 13.0. The van der Waals surface area contributed by atoms with E-state index < -0.39 is 24.3 Å². The van der Waals surface area contributed by atoms with E-state index in [4.69, 9.17) is 18.9 Å². The number of hydrogen-bond acceptors (Lipinski definition) is 7. The lowest BCUT2D eigenvalue weighted by molar-refractivity contribution is -0.870. The number of carbonyl (C=O) groups excluding carboxylic acids is 2. The average molecular weight is 990 g/mol. The number of allylic oxidation sites excluding steroid dienone is 6. The summed E-state index contributed by atoms with van der Waals surface area (Å²) in [5, 5.41) is 9.70. The Balaban J connectivity index is 4.24. The highest BCUT2D eigenvalue weighted by Crippen LogP contribution is 2.17. The van der Waals surface area contributed by atoms with Crippen molar-refractivity contribution in [2.45, 2.75) is 289 Å². The van der Waals surface area contributed by atoms with E-state index in [9.17, 15) is 19.5 Å². The molecule has 0 bridgehead atoms. The molecule has 0 amide bonds. The van der Waals surface area contributed by atoms with E-state index in [1.54, 1.807) is 0 Å². The molecule has 0 fully saturated rings. The van der Waals surface area contributed by atoms with Gasteiger partial charge in [0.25, 0.3) is 6.29 Å². The van der Waals surface area contributed by atoms with Gasteiger partial charge in [0, 0.05) is 12.8 Å². The summed E-state index contributed by atoms with van der Waals surface area (Å²) in [7, 11) is 5.97. The summed E-state index contributed by atoms with van der Waals surface area (Å²) < 4.78 is 22.9. The van der Waals surface area contributed by atoms with Gasteiger partial charge in [0.15, 0.2) is 6.10 Å². The largest absolute Gasteiger partial charge is 0.477 e. The first-order valence-corrected chi connectivity index (χ1v) is 29.7. The number of quaternary nitrogens is 1. The topological polar surface area (TPSA) is 108 Å². The monoisotopic (exact) mass is 989 g/mol. The summed E-state index contributed by atoms with van der Waals surface area (Å²) in [5.74, 6) is -2.00.